The molecule has 2 rings (SSSR count). The van der Waals surface area contributed by atoms with Gasteiger partial charge in [0.1, 0.15) is 11.5 Å². The Balaban J connectivity index is 2.38. The van der Waals surface area contributed by atoms with Crippen LogP contribution < -0.4 is 4.74 Å². The molecule has 0 unspecified atom stereocenters. The predicted molar refractivity (Wildman–Crippen MR) is 65.8 cm³/mol. The van der Waals surface area contributed by atoms with Crippen molar-refractivity contribution in [2.75, 3.05) is 0 Å². The van der Waals surface area contributed by atoms with Crippen LogP contribution in [0.4, 0.5) is 0 Å². The number of hydrogen-bond donors (Lipinski definition) is 2. The fraction of sp³-hybridized carbons (Fsp3) is 0.0769. The summed E-state index contributed by atoms with van der Waals surface area (Å²) in [5.41, 5.74) is 0.535. The summed E-state index contributed by atoms with van der Waals surface area (Å²) in [6.07, 6.45) is 0. The van der Waals surface area contributed by atoms with Gasteiger partial charge in [0.05, 0.1) is 5.88 Å². The lowest BCUT2D eigenvalue weighted by molar-refractivity contribution is 0.400. The van der Waals surface area contributed by atoms with E-state index < -0.39 is 0 Å². The van der Waals surface area contributed by atoms with Gasteiger partial charge in [0.25, 0.3) is 0 Å². The van der Waals surface area contributed by atoms with E-state index in [1.165, 1.54) is 12.1 Å². The van der Waals surface area contributed by atoms with Crippen LogP contribution in [0.1, 0.15) is 5.56 Å². The average molecular weight is 251 g/mol. The van der Waals surface area contributed by atoms with E-state index in [9.17, 15) is 10.2 Å². The second-order valence-corrected chi connectivity index (χ2v) is 3.77. The summed E-state index contributed by atoms with van der Waals surface area (Å²) in [6, 6.07) is 11.7. The zero-order valence-corrected chi connectivity index (χ0v) is 9.69. The molecule has 0 aliphatic rings. The molecule has 0 heterocycles. The van der Waals surface area contributed by atoms with Crippen molar-refractivity contribution in [1.82, 2.24) is 0 Å². The van der Waals surface area contributed by atoms with E-state index in [1.807, 2.05) is 18.2 Å². The number of phenols is 2. The first-order chi connectivity index (χ1) is 8.20. The van der Waals surface area contributed by atoms with Crippen LogP contribution in [0.25, 0.3) is 0 Å². The van der Waals surface area contributed by atoms with E-state index >= 15 is 0 Å². The Bertz CT molecular complexity index is 512. The maximum Gasteiger partial charge on any atom is 0.173 e. The number of hydrogen-bond acceptors (Lipinski definition) is 3. The van der Waals surface area contributed by atoms with Crippen molar-refractivity contribution in [2.45, 2.75) is 5.88 Å². The fourth-order valence-electron chi connectivity index (χ4n) is 1.48. The molecule has 0 atom stereocenters. The van der Waals surface area contributed by atoms with Gasteiger partial charge in [-0.15, -0.1) is 11.6 Å². The predicted octanol–water partition coefficient (Wildman–Crippen LogP) is 3.63. The molecule has 3 nitrogen and oxygen atoms in total. The standard InChI is InChI=1S/C13H11ClO3/c14-8-9-6-10(15)7-12(16)13(9)17-11-4-2-1-3-5-11/h1-7,15-16H,8H2. The Morgan fingerprint density at radius 1 is 1.06 bits per heavy atom. The second-order valence-electron chi connectivity index (χ2n) is 3.50. The number of para-hydroxylation sites is 1. The van der Waals surface area contributed by atoms with Crippen LogP contribution in [0.5, 0.6) is 23.0 Å². The highest BCUT2D eigenvalue weighted by Crippen LogP contribution is 2.38. The lowest BCUT2D eigenvalue weighted by Crippen LogP contribution is -1.90. The molecule has 0 saturated heterocycles. The van der Waals surface area contributed by atoms with Crippen molar-refractivity contribution in [3.63, 3.8) is 0 Å². The largest absolute Gasteiger partial charge is 0.508 e. The third kappa shape index (κ3) is 2.63. The maximum atomic E-state index is 9.72. The number of benzene rings is 2. The molecule has 0 fully saturated rings. The lowest BCUT2D eigenvalue weighted by Gasteiger charge is -2.11. The van der Waals surface area contributed by atoms with Gasteiger partial charge in [-0.25, -0.2) is 0 Å². The van der Waals surface area contributed by atoms with Crippen LogP contribution in [0.3, 0.4) is 0 Å². The summed E-state index contributed by atoms with van der Waals surface area (Å²) in [6.45, 7) is 0. The summed E-state index contributed by atoms with van der Waals surface area (Å²) < 4.78 is 5.54. The Labute approximate surface area is 104 Å². The Kier molecular flexibility index (Phi) is 3.40. The van der Waals surface area contributed by atoms with Gasteiger partial charge in [0, 0.05) is 11.6 Å². The van der Waals surface area contributed by atoms with Crippen molar-refractivity contribution < 1.29 is 14.9 Å². The van der Waals surface area contributed by atoms with Crippen LogP contribution in [0, 0.1) is 0 Å². The lowest BCUT2D eigenvalue weighted by atomic mass is 10.2. The van der Waals surface area contributed by atoms with Crippen LogP contribution >= 0.6 is 11.6 Å². The van der Waals surface area contributed by atoms with E-state index in [2.05, 4.69) is 0 Å². The van der Waals surface area contributed by atoms with Gasteiger partial charge in [0.15, 0.2) is 11.5 Å². The molecule has 0 aliphatic carbocycles. The minimum atomic E-state index is -0.135. The topological polar surface area (TPSA) is 49.7 Å². The maximum absolute atomic E-state index is 9.72. The number of phenolic OH excluding ortho intramolecular Hbond substituents is 2. The summed E-state index contributed by atoms with van der Waals surface area (Å²) in [5.74, 6) is 0.830. The zero-order chi connectivity index (χ0) is 12.3. The van der Waals surface area contributed by atoms with Gasteiger partial charge < -0.3 is 14.9 Å². The molecule has 0 spiro atoms. The monoisotopic (exact) mass is 250 g/mol. The van der Waals surface area contributed by atoms with E-state index in [0.29, 0.717) is 11.3 Å². The smallest absolute Gasteiger partial charge is 0.173 e. The van der Waals surface area contributed by atoms with Gasteiger partial charge >= 0.3 is 0 Å². The molecule has 0 saturated carbocycles. The SMILES string of the molecule is Oc1cc(O)c(Oc2ccccc2)c(CCl)c1. The number of ether oxygens (including phenoxy) is 1. The molecule has 0 aliphatic heterocycles. The van der Waals surface area contributed by atoms with Gasteiger partial charge in [-0.05, 0) is 18.2 Å². The van der Waals surface area contributed by atoms with Crippen LogP contribution in [-0.4, -0.2) is 10.2 Å². The molecule has 0 aromatic heterocycles. The highest BCUT2D eigenvalue weighted by atomic mass is 35.5. The van der Waals surface area contributed by atoms with Crippen molar-refractivity contribution in [3.8, 4) is 23.0 Å². The molecule has 4 heteroatoms. The summed E-state index contributed by atoms with van der Waals surface area (Å²) in [4.78, 5) is 0. The number of halogens is 1. The number of rotatable bonds is 3. The average Bonchev–Trinajstić information content (AvgIpc) is 2.33. The van der Waals surface area contributed by atoms with Gasteiger partial charge in [0.2, 0.25) is 0 Å². The fourth-order valence-corrected chi connectivity index (χ4v) is 1.68. The molecular weight excluding hydrogens is 240 g/mol. The summed E-state index contributed by atoms with van der Waals surface area (Å²) in [5, 5.41) is 19.1. The molecule has 2 aromatic carbocycles. The number of aromatic hydroxyl groups is 2. The van der Waals surface area contributed by atoms with Crippen LogP contribution in [-0.2, 0) is 5.88 Å². The molecule has 0 bridgehead atoms. The molecule has 2 aromatic rings. The van der Waals surface area contributed by atoms with Gasteiger partial charge in [-0.1, -0.05) is 18.2 Å². The summed E-state index contributed by atoms with van der Waals surface area (Å²) in [7, 11) is 0. The number of alkyl halides is 1. The molecule has 17 heavy (non-hydrogen) atoms. The van der Waals surface area contributed by atoms with E-state index in [4.69, 9.17) is 16.3 Å². The highest BCUT2D eigenvalue weighted by molar-refractivity contribution is 6.17. The van der Waals surface area contributed by atoms with Crippen molar-refractivity contribution in [1.29, 1.82) is 0 Å². The molecule has 2 N–H and O–H groups in total. The molecule has 88 valence electrons. The first-order valence-corrected chi connectivity index (χ1v) is 5.58. The first-order valence-electron chi connectivity index (χ1n) is 5.04. The Morgan fingerprint density at radius 3 is 2.41 bits per heavy atom. The zero-order valence-electron chi connectivity index (χ0n) is 8.93. The summed E-state index contributed by atoms with van der Waals surface area (Å²) >= 11 is 5.74. The van der Waals surface area contributed by atoms with Crippen molar-refractivity contribution in [3.05, 3.63) is 48.0 Å². The van der Waals surface area contributed by atoms with Crippen LogP contribution in [0.15, 0.2) is 42.5 Å². The van der Waals surface area contributed by atoms with E-state index in [1.54, 1.807) is 12.1 Å². The quantitative estimate of drug-likeness (QED) is 0.818. The molecular formula is C13H11ClO3. The minimum absolute atomic E-state index is 0.0430. The molecule has 0 amide bonds. The normalized spacial score (nSPS) is 10.2. The van der Waals surface area contributed by atoms with Crippen molar-refractivity contribution in [2.24, 2.45) is 0 Å². The van der Waals surface area contributed by atoms with Gasteiger partial charge in [-0.2, -0.15) is 0 Å². The third-order valence-electron chi connectivity index (χ3n) is 2.24. The van der Waals surface area contributed by atoms with Crippen molar-refractivity contribution >= 4 is 11.6 Å². The highest BCUT2D eigenvalue weighted by Gasteiger charge is 2.12. The van der Waals surface area contributed by atoms with E-state index in [-0.39, 0.29) is 23.1 Å². The van der Waals surface area contributed by atoms with E-state index in [0.717, 1.165) is 0 Å². The second kappa shape index (κ2) is 4.97. The Morgan fingerprint density at radius 2 is 1.76 bits per heavy atom. The Hall–Kier alpha value is -1.87. The molecule has 0 radical (unpaired) electrons. The third-order valence-corrected chi connectivity index (χ3v) is 2.53. The van der Waals surface area contributed by atoms with Gasteiger partial charge in [-0.3, -0.25) is 0 Å². The first kappa shape index (κ1) is 11.6. The minimum Gasteiger partial charge on any atom is -0.508 e. The van der Waals surface area contributed by atoms with Crippen LogP contribution in [0.2, 0.25) is 0 Å².